The first-order valence-corrected chi connectivity index (χ1v) is 9.89. The first kappa shape index (κ1) is 21.4. The molecule has 1 aromatic heterocycles. The molecule has 0 bridgehead atoms. The summed E-state index contributed by atoms with van der Waals surface area (Å²) in [7, 11) is 0. The van der Waals surface area contributed by atoms with Gasteiger partial charge in [-0.15, -0.1) is 0 Å². The Bertz CT molecular complexity index is 843. The smallest absolute Gasteiger partial charge is 0.337 e. The van der Waals surface area contributed by atoms with Crippen LogP contribution in [0.15, 0.2) is 30.5 Å². The second-order valence-corrected chi connectivity index (χ2v) is 7.88. The van der Waals surface area contributed by atoms with Crippen LogP contribution in [0, 0.1) is 6.92 Å². The van der Waals surface area contributed by atoms with E-state index in [0.717, 1.165) is 16.9 Å². The highest BCUT2D eigenvalue weighted by Gasteiger charge is 2.32. The van der Waals surface area contributed by atoms with Gasteiger partial charge in [-0.1, -0.05) is 31.5 Å². The van der Waals surface area contributed by atoms with Crippen LogP contribution in [-0.4, -0.2) is 64.4 Å². The van der Waals surface area contributed by atoms with E-state index in [0.29, 0.717) is 25.1 Å². The molecule has 8 heteroatoms. The molecule has 0 radical (unpaired) electrons. The lowest BCUT2D eigenvalue weighted by Crippen LogP contribution is -2.38. The van der Waals surface area contributed by atoms with E-state index in [9.17, 15) is 18.0 Å². The molecule has 0 spiro atoms. The third-order valence-electron chi connectivity index (χ3n) is 5.14. The van der Waals surface area contributed by atoms with Gasteiger partial charge in [0.25, 0.3) is 5.91 Å². The van der Waals surface area contributed by atoms with Crippen molar-refractivity contribution in [1.82, 2.24) is 19.6 Å². The third kappa shape index (κ3) is 5.18. The van der Waals surface area contributed by atoms with Crippen molar-refractivity contribution in [2.75, 3.05) is 32.7 Å². The molecule has 2 aromatic rings. The van der Waals surface area contributed by atoms with E-state index < -0.39 is 12.7 Å². The predicted octanol–water partition coefficient (Wildman–Crippen LogP) is 4.01. The second-order valence-electron chi connectivity index (χ2n) is 7.88. The van der Waals surface area contributed by atoms with Gasteiger partial charge in [0.1, 0.15) is 0 Å². The molecule has 0 atom stereocenters. The molecule has 0 unspecified atom stereocenters. The van der Waals surface area contributed by atoms with Crippen LogP contribution in [0.5, 0.6) is 0 Å². The topological polar surface area (TPSA) is 41.4 Å². The summed E-state index contributed by atoms with van der Waals surface area (Å²) in [5, 5.41) is 4.45. The van der Waals surface area contributed by atoms with E-state index in [1.807, 2.05) is 45.0 Å². The molecule has 0 aliphatic carbocycles. The van der Waals surface area contributed by atoms with Crippen LogP contribution in [0.4, 0.5) is 13.2 Å². The Balaban J connectivity index is 1.81. The van der Waals surface area contributed by atoms with E-state index in [-0.39, 0.29) is 24.9 Å². The molecule has 1 aromatic carbocycles. The molecule has 158 valence electrons. The molecular formula is C21H27F3N4O. The SMILES string of the molecule is Cc1ccc(-n2ncc(C(=O)N3CCCN(CC(F)(F)F)CC3)c2C(C)C)cc1. The summed E-state index contributed by atoms with van der Waals surface area (Å²) in [5.41, 5.74) is 3.35. The Morgan fingerprint density at radius 1 is 1.10 bits per heavy atom. The maximum absolute atomic E-state index is 13.2. The van der Waals surface area contributed by atoms with Crippen LogP contribution < -0.4 is 0 Å². The minimum Gasteiger partial charge on any atom is -0.337 e. The van der Waals surface area contributed by atoms with Gasteiger partial charge in [-0.05, 0) is 31.4 Å². The van der Waals surface area contributed by atoms with E-state index in [1.165, 1.54) is 4.90 Å². The Hall–Kier alpha value is -2.35. The Morgan fingerprint density at radius 3 is 2.41 bits per heavy atom. The van der Waals surface area contributed by atoms with Gasteiger partial charge in [0, 0.05) is 26.2 Å². The molecule has 5 nitrogen and oxygen atoms in total. The summed E-state index contributed by atoms with van der Waals surface area (Å²) in [6.45, 7) is 6.36. The summed E-state index contributed by atoms with van der Waals surface area (Å²) >= 11 is 0. The molecule has 1 fully saturated rings. The van der Waals surface area contributed by atoms with E-state index in [4.69, 9.17) is 0 Å². The number of amides is 1. The van der Waals surface area contributed by atoms with E-state index in [2.05, 4.69) is 5.10 Å². The zero-order valence-electron chi connectivity index (χ0n) is 17.0. The van der Waals surface area contributed by atoms with Crippen molar-refractivity contribution >= 4 is 5.91 Å². The average molecular weight is 408 g/mol. The summed E-state index contributed by atoms with van der Waals surface area (Å²) in [6, 6.07) is 7.91. The fourth-order valence-electron chi connectivity index (χ4n) is 3.73. The molecule has 3 rings (SSSR count). The number of hydrogen-bond acceptors (Lipinski definition) is 3. The maximum Gasteiger partial charge on any atom is 0.401 e. The number of carbonyl (C=O) groups is 1. The van der Waals surface area contributed by atoms with Gasteiger partial charge in [0.05, 0.1) is 29.7 Å². The van der Waals surface area contributed by atoms with Gasteiger partial charge in [0.2, 0.25) is 0 Å². The Morgan fingerprint density at radius 2 is 1.79 bits per heavy atom. The van der Waals surface area contributed by atoms with Crippen molar-refractivity contribution in [2.24, 2.45) is 0 Å². The highest BCUT2D eigenvalue weighted by atomic mass is 19.4. The number of aryl methyl sites for hydroxylation is 1. The largest absolute Gasteiger partial charge is 0.401 e. The lowest BCUT2D eigenvalue weighted by atomic mass is 10.0. The highest BCUT2D eigenvalue weighted by Crippen LogP contribution is 2.25. The van der Waals surface area contributed by atoms with Crippen LogP contribution in [0.2, 0.25) is 0 Å². The first-order valence-electron chi connectivity index (χ1n) is 9.89. The highest BCUT2D eigenvalue weighted by molar-refractivity contribution is 5.95. The number of halogens is 3. The van der Waals surface area contributed by atoms with Crippen LogP contribution in [0.3, 0.4) is 0 Å². The summed E-state index contributed by atoms with van der Waals surface area (Å²) in [4.78, 5) is 16.2. The monoisotopic (exact) mass is 408 g/mol. The Labute approximate surface area is 169 Å². The third-order valence-corrected chi connectivity index (χ3v) is 5.14. The molecule has 2 heterocycles. The van der Waals surface area contributed by atoms with Crippen molar-refractivity contribution < 1.29 is 18.0 Å². The first-order chi connectivity index (χ1) is 13.7. The molecule has 0 N–H and O–H groups in total. The average Bonchev–Trinajstić information content (AvgIpc) is 2.96. The zero-order valence-corrected chi connectivity index (χ0v) is 17.0. The molecule has 0 saturated carbocycles. The predicted molar refractivity (Wildman–Crippen MR) is 105 cm³/mol. The lowest BCUT2D eigenvalue weighted by Gasteiger charge is -2.23. The van der Waals surface area contributed by atoms with Crippen LogP contribution in [0.25, 0.3) is 5.69 Å². The summed E-state index contributed by atoms with van der Waals surface area (Å²) in [6.07, 6.45) is -2.13. The molecule has 1 aliphatic rings. The standard InChI is InChI=1S/C21H27F3N4O/c1-15(2)19-18(13-25-28(19)17-7-5-16(3)6-8-17)20(29)27-10-4-9-26(11-12-27)14-21(22,23)24/h5-8,13,15H,4,9-12,14H2,1-3H3. The van der Waals surface area contributed by atoms with Crippen LogP contribution in [0.1, 0.15) is 47.8 Å². The summed E-state index contributed by atoms with van der Waals surface area (Å²) in [5.74, 6) is -0.104. The number of rotatable bonds is 4. The molecule has 1 saturated heterocycles. The number of aromatic nitrogens is 2. The number of nitrogens with zero attached hydrogens (tertiary/aromatic N) is 4. The van der Waals surface area contributed by atoms with Crippen molar-refractivity contribution in [3.05, 3.63) is 47.3 Å². The number of alkyl halides is 3. The minimum absolute atomic E-state index is 0.0615. The van der Waals surface area contributed by atoms with Gasteiger partial charge in [-0.25, -0.2) is 4.68 Å². The lowest BCUT2D eigenvalue weighted by molar-refractivity contribution is -0.145. The quantitative estimate of drug-likeness (QED) is 0.768. The van der Waals surface area contributed by atoms with Gasteiger partial charge in [-0.3, -0.25) is 9.69 Å². The second kappa shape index (κ2) is 8.57. The summed E-state index contributed by atoms with van der Waals surface area (Å²) < 4.78 is 39.9. The zero-order chi connectivity index (χ0) is 21.2. The van der Waals surface area contributed by atoms with Gasteiger partial charge in [-0.2, -0.15) is 18.3 Å². The van der Waals surface area contributed by atoms with Crippen molar-refractivity contribution in [3.63, 3.8) is 0 Å². The number of carbonyl (C=O) groups excluding carboxylic acids is 1. The van der Waals surface area contributed by atoms with Crippen molar-refractivity contribution in [2.45, 2.75) is 39.3 Å². The molecular weight excluding hydrogens is 381 g/mol. The van der Waals surface area contributed by atoms with Crippen LogP contribution in [-0.2, 0) is 0 Å². The van der Waals surface area contributed by atoms with Gasteiger partial charge >= 0.3 is 6.18 Å². The van der Waals surface area contributed by atoms with Gasteiger partial charge in [0.15, 0.2) is 0 Å². The van der Waals surface area contributed by atoms with Crippen LogP contribution >= 0.6 is 0 Å². The van der Waals surface area contributed by atoms with Gasteiger partial charge < -0.3 is 4.90 Å². The Kier molecular flexibility index (Phi) is 6.31. The normalized spacial score (nSPS) is 16.3. The van der Waals surface area contributed by atoms with Crippen molar-refractivity contribution in [3.8, 4) is 5.69 Å². The minimum atomic E-state index is -4.22. The maximum atomic E-state index is 13.2. The van der Waals surface area contributed by atoms with Crippen molar-refractivity contribution in [1.29, 1.82) is 0 Å². The fourth-order valence-corrected chi connectivity index (χ4v) is 3.73. The molecule has 1 aliphatic heterocycles. The number of hydrogen-bond donors (Lipinski definition) is 0. The van der Waals surface area contributed by atoms with E-state index >= 15 is 0 Å². The van der Waals surface area contributed by atoms with E-state index in [1.54, 1.807) is 15.8 Å². The fraction of sp³-hybridized carbons (Fsp3) is 0.524. The molecule has 29 heavy (non-hydrogen) atoms. The number of benzene rings is 1. The molecule has 1 amide bonds.